The molecule has 15 heteroatoms. The van der Waals surface area contributed by atoms with E-state index in [1.807, 2.05) is 0 Å². The minimum absolute atomic E-state index is 0.0118. The first-order chi connectivity index (χ1) is 18.1. The van der Waals surface area contributed by atoms with Gasteiger partial charge in [-0.05, 0) is 37.1 Å². The number of benzene rings is 1. The van der Waals surface area contributed by atoms with Crippen molar-refractivity contribution in [3.8, 4) is 5.75 Å². The molecule has 0 radical (unpaired) electrons. The van der Waals surface area contributed by atoms with Gasteiger partial charge in [-0.15, -0.1) is 0 Å². The number of fused-ring (bicyclic) bond motifs is 1. The SMILES string of the molecule is CCN1CCN(C(O)NC(C(=O)N[C@H]2Cc3cccc(C(=O)O)c3OB2O)c2ccc(N)cn2)C(=O)C1=O. The maximum atomic E-state index is 13.4. The standard InChI is InChI=1S/C23H27BN6O8/c1-2-29-8-9-30(21(33)20(29)32)23(36)28-17(15-7-6-13(25)11-26-15)19(31)27-16-10-12-4-3-5-14(22(34)35)18(12)38-24(16)37/h3-7,11,16-17,23,28,36-37H,2,8-10,25H2,1H3,(H,27,31)(H,34,35)/t16-,17?,23?/m0/s1. The molecule has 2 aliphatic rings. The summed E-state index contributed by atoms with van der Waals surface area (Å²) < 4.78 is 5.42. The summed E-state index contributed by atoms with van der Waals surface area (Å²) >= 11 is 0. The number of rotatable bonds is 8. The Morgan fingerprint density at radius 1 is 1.24 bits per heavy atom. The number of nitrogens with one attached hydrogen (secondary N) is 2. The molecule has 4 rings (SSSR count). The fraction of sp³-hybridized carbons (Fsp3) is 0.348. The van der Waals surface area contributed by atoms with Crippen molar-refractivity contribution in [2.45, 2.75) is 31.7 Å². The molecule has 3 heterocycles. The van der Waals surface area contributed by atoms with E-state index < -0.39 is 49.1 Å². The number of pyridine rings is 1. The summed E-state index contributed by atoms with van der Waals surface area (Å²) in [6.45, 7) is 2.31. The Morgan fingerprint density at radius 3 is 2.66 bits per heavy atom. The number of piperazine rings is 1. The quantitative estimate of drug-likeness (QED) is 0.127. The van der Waals surface area contributed by atoms with Crippen LogP contribution in [0.5, 0.6) is 5.75 Å². The number of hydrogen-bond acceptors (Lipinski definition) is 10. The first-order valence-electron chi connectivity index (χ1n) is 11.9. The van der Waals surface area contributed by atoms with E-state index in [0.29, 0.717) is 17.8 Å². The highest BCUT2D eigenvalue weighted by Gasteiger charge is 2.41. The number of likely N-dealkylation sites (N-methyl/N-ethyl adjacent to an activating group) is 1. The second-order valence-corrected chi connectivity index (χ2v) is 8.80. The van der Waals surface area contributed by atoms with Gasteiger partial charge in [0.2, 0.25) is 5.91 Å². The number of nitrogens with two attached hydrogens (primary N) is 1. The summed E-state index contributed by atoms with van der Waals surface area (Å²) in [5, 5.41) is 36.0. The molecule has 7 N–H and O–H groups in total. The average molecular weight is 526 g/mol. The summed E-state index contributed by atoms with van der Waals surface area (Å²) in [7, 11) is -1.57. The van der Waals surface area contributed by atoms with Crippen molar-refractivity contribution in [3.05, 3.63) is 53.3 Å². The number of aliphatic hydroxyl groups is 1. The van der Waals surface area contributed by atoms with Gasteiger partial charge in [-0.3, -0.25) is 29.6 Å². The highest BCUT2D eigenvalue weighted by molar-refractivity contribution is 6.47. The largest absolute Gasteiger partial charge is 0.547 e. The molecule has 0 spiro atoms. The minimum Gasteiger partial charge on any atom is -0.534 e. The Morgan fingerprint density at radius 2 is 2.00 bits per heavy atom. The number of aromatic nitrogens is 1. The second kappa shape index (κ2) is 11.0. The van der Waals surface area contributed by atoms with Gasteiger partial charge >= 0.3 is 24.9 Å². The molecule has 3 atom stereocenters. The molecule has 200 valence electrons. The number of hydrogen-bond donors (Lipinski definition) is 6. The smallest absolute Gasteiger partial charge is 0.534 e. The molecule has 1 aromatic heterocycles. The predicted molar refractivity (Wildman–Crippen MR) is 132 cm³/mol. The normalized spacial score (nSPS) is 18.9. The first kappa shape index (κ1) is 26.8. The van der Waals surface area contributed by atoms with Gasteiger partial charge in [0.05, 0.1) is 29.1 Å². The number of para-hydroxylation sites is 1. The Balaban J connectivity index is 1.54. The highest BCUT2D eigenvalue weighted by Crippen LogP contribution is 2.30. The molecule has 2 unspecified atom stereocenters. The molecule has 2 aliphatic heterocycles. The molecule has 3 amide bonds. The Kier molecular flexibility index (Phi) is 7.80. The third-order valence-electron chi connectivity index (χ3n) is 6.38. The van der Waals surface area contributed by atoms with Gasteiger partial charge in [-0.25, -0.2) is 4.79 Å². The van der Waals surface area contributed by atoms with E-state index in [1.54, 1.807) is 13.0 Å². The van der Waals surface area contributed by atoms with Crippen LogP contribution in [0.1, 0.15) is 34.6 Å². The molecule has 1 aromatic carbocycles. The van der Waals surface area contributed by atoms with Crippen LogP contribution in [0.3, 0.4) is 0 Å². The van der Waals surface area contributed by atoms with E-state index >= 15 is 0 Å². The van der Waals surface area contributed by atoms with Crippen molar-refractivity contribution in [3.63, 3.8) is 0 Å². The minimum atomic E-state index is -1.72. The average Bonchev–Trinajstić information content (AvgIpc) is 2.89. The molecule has 38 heavy (non-hydrogen) atoms. The Bertz CT molecular complexity index is 1240. The van der Waals surface area contributed by atoms with Crippen LogP contribution < -0.4 is 21.0 Å². The number of aliphatic hydroxyl groups excluding tert-OH is 1. The molecule has 2 aromatic rings. The number of carbonyl (C=O) groups excluding carboxylic acids is 3. The lowest BCUT2D eigenvalue weighted by Gasteiger charge is -2.37. The van der Waals surface area contributed by atoms with Crippen LogP contribution in [0.15, 0.2) is 36.5 Å². The number of amides is 3. The van der Waals surface area contributed by atoms with Crippen LogP contribution in [0, 0.1) is 0 Å². The Labute approximate surface area is 217 Å². The molecular formula is C23H27BN6O8. The van der Waals surface area contributed by atoms with Crippen LogP contribution in [0.25, 0.3) is 0 Å². The maximum absolute atomic E-state index is 13.4. The molecule has 1 fully saturated rings. The third-order valence-corrected chi connectivity index (χ3v) is 6.38. The van der Waals surface area contributed by atoms with Gasteiger partial charge in [0, 0.05) is 19.6 Å². The van der Waals surface area contributed by atoms with E-state index in [1.165, 1.54) is 35.4 Å². The van der Waals surface area contributed by atoms with Crippen LogP contribution in [0.4, 0.5) is 5.69 Å². The van der Waals surface area contributed by atoms with Crippen molar-refractivity contribution in [1.82, 2.24) is 25.4 Å². The first-order valence-corrected chi connectivity index (χ1v) is 11.9. The summed E-state index contributed by atoms with van der Waals surface area (Å²) in [4.78, 5) is 56.1. The predicted octanol–water partition coefficient (Wildman–Crippen LogP) is -1.90. The lowest BCUT2D eigenvalue weighted by Crippen LogP contribution is -2.62. The molecule has 14 nitrogen and oxygen atoms in total. The van der Waals surface area contributed by atoms with Crippen LogP contribution >= 0.6 is 0 Å². The van der Waals surface area contributed by atoms with E-state index in [0.717, 1.165) is 4.90 Å². The zero-order valence-corrected chi connectivity index (χ0v) is 20.4. The monoisotopic (exact) mass is 526 g/mol. The number of aromatic carboxylic acids is 1. The van der Waals surface area contributed by atoms with Crippen molar-refractivity contribution in [1.29, 1.82) is 0 Å². The van der Waals surface area contributed by atoms with Crippen molar-refractivity contribution in [2.24, 2.45) is 0 Å². The lowest BCUT2D eigenvalue weighted by atomic mass is 9.72. The number of carboxylic acids is 1. The van der Waals surface area contributed by atoms with Gasteiger partial charge in [0.25, 0.3) is 0 Å². The molecule has 0 bridgehead atoms. The van der Waals surface area contributed by atoms with E-state index in [9.17, 15) is 34.4 Å². The fourth-order valence-electron chi connectivity index (χ4n) is 4.33. The van der Waals surface area contributed by atoms with E-state index in [2.05, 4.69) is 15.6 Å². The lowest BCUT2D eigenvalue weighted by molar-refractivity contribution is -0.166. The topological polar surface area (TPSA) is 208 Å². The molecule has 1 saturated heterocycles. The fourth-order valence-corrected chi connectivity index (χ4v) is 4.33. The van der Waals surface area contributed by atoms with Gasteiger partial charge in [0.15, 0.2) is 6.35 Å². The summed E-state index contributed by atoms with van der Waals surface area (Å²) in [5.41, 5.74) is 6.52. The zero-order chi connectivity index (χ0) is 27.6. The highest BCUT2D eigenvalue weighted by atomic mass is 16.5. The van der Waals surface area contributed by atoms with Gasteiger partial charge in [-0.1, -0.05) is 12.1 Å². The number of nitrogen functional groups attached to an aromatic ring is 1. The number of carbonyl (C=O) groups is 4. The van der Waals surface area contributed by atoms with Crippen LogP contribution in [0.2, 0.25) is 0 Å². The Hall–Kier alpha value is -4.21. The number of carboxylic acid groups (broad SMARTS) is 1. The van der Waals surface area contributed by atoms with Gasteiger partial charge < -0.3 is 35.8 Å². The third kappa shape index (κ3) is 5.39. The van der Waals surface area contributed by atoms with Crippen molar-refractivity contribution < 1.29 is 39.1 Å². The maximum Gasteiger partial charge on any atom is 0.547 e. The molecule has 0 aliphatic carbocycles. The van der Waals surface area contributed by atoms with Crippen molar-refractivity contribution in [2.75, 3.05) is 25.4 Å². The number of nitrogens with zero attached hydrogens (tertiary/aromatic N) is 3. The van der Waals surface area contributed by atoms with Crippen LogP contribution in [-0.2, 0) is 20.8 Å². The van der Waals surface area contributed by atoms with Crippen LogP contribution in [-0.4, -0.2) is 92.8 Å². The van der Waals surface area contributed by atoms with Crippen molar-refractivity contribution >= 4 is 36.5 Å². The summed E-state index contributed by atoms with van der Waals surface area (Å²) in [5.74, 6) is -4.63. The number of anilines is 1. The zero-order valence-electron chi connectivity index (χ0n) is 20.4. The molecule has 0 saturated carbocycles. The van der Waals surface area contributed by atoms with Gasteiger partial charge in [-0.2, -0.15) is 0 Å². The van der Waals surface area contributed by atoms with E-state index in [-0.39, 0.29) is 36.5 Å². The summed E-state index contributed by atoms with van der Waals surface area (Å²) in [6.07, 6.45) is -0.354. The van der Waals surface area contributed by atoms with E-state index in [4.69, 9.17) is 10.4 Å². The van der Waals surface area contributed by atoms with Gasteiger partial charge in [0.1, 0.15) is 11.8 Å². The second-order valence-electron chi connectivity index (χ2n) is 8.80. The molecular weight excluding hydrogens is 499 g/mol. The summed E-state index contributed by atoms with van der Waals surface area (Å²) in [6, 6.07) is 6.09.